The predicted molar refractivity (Wildman–Crippen MR) is 68.2 cm³/mol. The lowest BCUT2D eigenvalue weighted by Gasteiger charge is -2.33. The van der Waals surface area contributed by atoms with Crippen molar-refractivity contribution in [2.24, 2.45) is 10.4 Å². The van der Waals surface area contributed by atoms with E-state index in [2.05, 4.69) is 23.7 Å². The smallest absolute Gasteiger partial charge is 0.164 e. The van der Waals surface area contributed by atoms with Gasteiger partial charge in [0.25, 0.3) is 0 Å². The van der Waals surface area contributed by atoms with E-state index in [1.165, 1.54) is 0 Å². The molecule has 0 unspecified atom stereocenters. The normalized spacial score (nSPS) is 24.9. The van der Waals surface area contributed by atoms with Gasteiger partial charge in [0.1, 0.15) is 0 Å². The second kappa shape index (κ2) is 3.87. The summed E-state index contributed by atoms with van der Waals surface area (Å²) in [4.78, 5) is 7.74. The highest BCUT2D eigenvalue weighted by Gasteiger charge is 2.34. The van der Waals surface area contributed by atoms with E-state index in [-0.39, 0.29) is 17.0 Å². The van der Waals surface area contributed by atoms with Crippen molar-refractivity contribution in [2.45, 2.75) is 13.8 Å². The number of amidine groups is 1. The molecule has 0 aliphatic carbocycles. The van der Waals surface area contributed by atoms with Crippen LogP contribution in [0.5, 0.6) is 0 Å². The zero-order valence-corrected chi connectivity index (χ0v) is 11.1. The molecule has 2 heterocycles. The molecule has 5 heteroatoms. The molecule has 2 aliphatic heterocycles. The molecular formula is C8H13BrN2S2. The monoisotopic (exact) mass is 280 g/mol. The summed E-state index contributed by atoms with van der Waals surface area (Å²) in [5.41, 5.74) is 0.290. The molecule has 2 aliphatic rings. The van der Waals surface area contributed by atoms with Crippen LogP contribution in [-0.2, 0) is 0 Å². The molecule has 0 N–H and O–H groups in total. The van der Waals surface area contributed by atoms with E-state index in [4.69, 9.17) is 12.2 Å². The molecule has 0 amide bonds. The highest BCUT2D eigenvalue weighted by Crippen LogP contribution is 2.30. The van der Waals surface area contributed by atoms with E-state index in [0.29, 0.717) is 5.41 Å². The van der Waals surface area contributed by atoms with Crippen molar-refractivity contribution in [3.63, 3.8) is 0 Å². The molecule has 0 bridgehead atoms. The Hall–Kier alpha value is 0.390. The van der Waals surface area contributed by atoms with Gasteiger partial charge in [0.2, 0.25) is 0 Å². The number of rotatable bonds is 0. The summed E-state index contributed by atoms with van der Waals surface area (Å²) < 4.78 is 0. The largest absolute Gasteiger partial charge is 0.314 e. The first-order valence-corrected chi connectivity index (χ1v) is 5.45. The lowest BCUT2D eigenvalue weighted by molar-refractivity contribution is 0.304. The van der Waals surface area contributed by atoms with Crippen molar-refractivity contribution in [1.29, 1.82) is 0 Å². The number of halogens is 1. The number of thioether (sulfide) groups is 1. The molecule has 13 heavy (non-hydrogen) atoms. The fourth-order valence-corrected chi connectivity index (χ4v) is 2.72. The Balaban J connectivity index is 0.000000845. The van der Waals surface area contributed by atoms with Crippen LogP contribution in [0.4, 0.5) is 0 Å². The lowest BCUT2D eigenvalue weighted by atomic mass is 9.92. The van der Waals surface area contributed by atoms with E-state index in [0.717, 1.165) is 29.0 Å². The number of nitrogens with zero attached hydrogens (tertiary/aromatic N) is 2. The number of hydrogen-bond donors (Lipinski definition) is 0. The standard InChI is InChI=1S/C8H12N2S2.BrH/c1-8(2)4-9-7-10(5-8)6(11)3-12-7;/h3-5H2,1-2H3;1H. The maximum absolute atomic E-state index is 5.24. The van der Waals surface area contributed by atoms with E-state index >= 15 is 0 Å². The zero-order chi connectivity index (χ0) is 8.77. The van der Waals surface area contributed by atoms with Crippen LogP contribution in [0, 0.1) is 5.41 Å². The second-order valence-electron chi connectivity index (χ2n) is 4.03. The van der Waals surface area contributed by atoms with Gasteiger partial charge in [-0.1, -0.05) is 37.8 Å². The van der Waals surface area contributed by atoms with Crippen molar-refractivity contribution in [2.75, 3.05) is 18.8 Å². The third kappa shape index (κ3) is 2.25. The summed E-state index contributed by atoms with van der Waals surface area (Å²) in [7, 11) is 0. The third-order valence-electron chi connectivity index (χ3n) is 2.09. The minimum atomic E-state index is 0. The Morgan fingerprint density at radius 3 is 2.92 bits per heavy atom. The minimum Gasteiger partial charge on any atom is -0.314 e. The number of aliphatic imine (C=N–C) groups is 1. The molecule has 0 aromatic rings. The minimum absolute atomic E-state index is 0. The van der Waals surface area contributed by atoms with Gasteiger partial charge in [-0.25, -0.2) is 0 Å². The van der Waals surface area contributed by atoms with E-state index in [1.807, 2.05) is 0 Å². The van der Waals surface area contributed by atoms with Crippen molar-refractivity contribution >= 4 is 51.1 Å². The summed E-state index contributed by atoms with van der Waals surface area (Å²) in [5, 5.41) is 1.14. The van der Waals surface area contributed by atoms with Crippen LogP contribution in [0.2, 0.25) is 0 Å². The summed E-state index contributed by atoms with van der Waals surface area (Å²) in [6.45, 7) is 6.45. The predicted octanol–water partition coefficient (Wildman–Crippen LogP) is 2.34. The van der Waals surface area contributed by atoms with E-state index in [9.17, 15) is 0 Å². The van der Waals surface area contributed by atoms with E-state index in [1.54, 1.807) is 11.8 Å². The van der Waals surface area contributed by atoms with Gasteiger partial charge < -0.3 is 4.90 Å². The fraction of sp³-hybridized carbons (Fsp3) is 0.750. The summed E-state index contributed by atoms with van der Waals surface area (Å²) in [6, 6.07) is 0. The molecule has 0 aromatic heterocycles. The van der Waals surface area contributed by atoms with Gasteiger partial charge >= 0.3 is 0 Å². The molecule has 1 saturated heterocycles. The average Bonchev–Trinajstić information content (AvgIpc) is 2.31. The molecular weight excluding hydrogens is 268 g/mol. The summed E-state index contributed by atoms with van der Waals surface area (Å²) >= 11 is 7.01. The Morgan fingerprint density at radius 1 is 1.54 bits per heavy atom. The highest BCUT2D eigenvalue weighted by atomic mass is 79.9. The number of hydrogen-bond acceptors (Lipinski definition) is 3. The van der Waals surface area contributed by atoms with Gasteiger partial charge in [0.15, 0.2) is 5.17 Å². The molecule has 0 spiro atoms. The van der Waals surface area contributed by atoms with Gasteiger partial charge in [-0.2, -0.15) is 0 Å². The Bertz CT molecular complexity index is 263. The Kier molecular flexibility index (Phi) is 3.41. The van der Waals surface area contributed by atoms with Crippen LogP contribution >= 0.6 is 41.0 Å². The van der Waals surface area contributed by atoms with Crippen LogP contribution < -0.4 is 0 Å². The van der Waals surface area contributed by atoms with Gasteiger partial charge in [-0.15, -0.1) is 17.0 Å². The summed E-state index contributed by atoms with van der Waals surface area (Å²) in [5.74, 6) is 0.949. The SMILES string of the molecule is Br.CC1(C)CN=C2SCC(=S)N2C1. The van der Waals surface area contributed by atoms with Crippen molar-refractivity contribution in [3.8, 4) is 0 Å². The first-order valence-electron chi connectivity index (χ1n) is 4.06. The molecule has 0 saturated carbocycles. The summed E-state index contributed by atoms with van der Waals surface area (Å²) in [6.07, 6.45) is 0. The quantitative estimate of drug-likeness (QED) is 0.634. The van der Waals surface area contributed by atoms with Gasteiger partial charge in [-0.05, 0) is 0 Å². The van der Waals surface area contributed by atoms with Gasteiger partial charge in [0, 0.05) is 18.5 Å². The first kappa shape index (κ1) is 11.5. The van der Waals surface area contributed by atoms with Crippen molar-refractivity contribution < 1.29 is 0 Å². The number of thiocarbonyl (C=S) groups is 1. The molecule has 0 aromatic carbocycles. The molecule has 2 nitrogen and oxygen atoms in total. The first-order chi connectivity index (χ1) is 5.58. The van der Waals surface area contributed by atoms with Crippen LogP contribution in [0.25, 0.3) is 0 Å². The van der Waals surface area contributed by atoms with Crippen LogP contribution in [0.15, 0.2) is 4.99 Å². The van der Waals surface area contributed by atoms with Gasteiger partial charge in [-0.3, -0.25) is 4.99 Å². The van der Waals surface area contributed by atoms with E-state index < -0.39 is 0 Å². The fourth-order valence-electron chi connectivity index (χ4n) is 1.44. The highest BCUT2D eigenvalue weighted by molar-refractivity contribution is 8.93. The van der Waals surface area contributed by atoms with Crippen molar-refractivity contribution in [3.05, 3.63) is 0 Å². The Labute approximate surface area is 98.9 Å². The van der Waals surface area contributed by atoms with Crippen LogP contribution in [0.3, 0.4) is 0 Å². The maximum Gasteiger partial charge on any atom is 0.164 e. The zero-order valence-electron chi connectivity index (χ0n) is 7.74. The van der Waals surface area contributed by atoms with Gasteiger partial charge in [0.05, 0.1) is 10.7 Å². The molecule has 0 atom stereocenters. The molecule has 74 valence electrons. The van der Waals surface area contributed by atoms with Crippen LogP contribution in [-0.4, -0.2) is 33.9 Å². The third-order valence-corrected chi connectivity index (χ3v) is 3.66. The second-order valence-corrected chi connectivity index (χ2v) is 5.45. The molecule has 2 rings (SSSR count). The number of fused-ring (bicyclic) bond motifs is 1. The van der Waals surface area contributed by atoms with Crippen LogP contribution in [0.1, 0.15) is 13.8 Å². The molecule has 0 radical (unpaired) electrons. The lowest BCUT2D eigenvalue weighted by Crippen LogP contribution is -2.42. The topological polar surface area (TPSA) is 15.6 Å². The average molecular weight is 281 g/mol. The van der Waals surface area contributed by atoms with Crippen molar-refractivity contribution in [1.82, 2.24) is 4.90 Å². The Morgan fingerprint density at radius 2 is 2.23 bits per heavy atom. The molecule has 1 fully saturated rings. The maximum atomic E-state index is 5.24.